The third-order valence-electron chi connectivity index (χ3n) is 4.03. The molecule has 3 rings (SSSR count). The Balaban J connectivity index is 2.00. The summed E-state index contributed by atoms with van der Waals surface area (Å²) >= 11 is 1.67. The highest BCUT2D eigenvalue weighted by atomic mass is 32.2. The SMILES string of the molecule is CSc1ccc(C)c(C(=O)N2CCCc3ccccc32)c1. The normalized spacial score (nSPS) is 13.9. The highest BCUT2D eigenvalue weighted by Gasteiger charge is 2.24. The number of rotatable bonds is 2. The molecule has 1 aliphatic rings. The van der Waals surface area contributed by atoms with Gasteiger partial charge in [-0.3, -0.25) is 4.79 Å². The number of amides is 1. The molecule has 0 N–H and O–H groups in total. The van der Waals surface area contributed by atoms with Crippen molar-refractivity contribution in [2.24, 2.45) is 0 Å². The monoisotopic (exact) mass is 297 g/mol. The molecule has 108 valence electrons. The predicted octanol–water partition coefficient (Wildman–Crippen LogP) is 4.31. The van der Waals surface area contributed by atoms with Crippen LogP contribution in [0.15, 0.2) is 47.4 Å². The summed E-state index contributed by atoms with van der Waals surface area (Å²) in [4.78, 5) is 16.0. The first-order chi connectivity index (χ1) is 10.2. The molecule has 1 aliphatic heterocycles. The minimum atomic E-state index is 0.121. The molecule has 2 nitrogen and oxygen atoms in total. The second kappa shape index (κ2) is 5.94. The van der Waals surface area contributed by atoms with E-state index in [1.165, 1.54) is 5.56 Å². The van der Waals surface area contributed by atoms with E-state index in [9.17, 15) is 4.79 Å². The van der Waals surface area contributed by atoms with Crippen LogP contribution in [0.2, 0.25) is 0 Å². The van der Waals surface area contributed by atoms with Gasteiger partial charge in [0, 0.05) is 22.7 Å². The first-order valence-corrected chi connectivity index (χ1v) is 8.47. The maximum absolute atomic E-state index is 13.0. The Hall–Kier alpha value is -1.74. The number of carbonyl (C=O) groups excluding carboxylic acids is 1. The second-order valence-corrected chi connectivity index (χ2v) is 6.25. The van der Waals surface area contributed by atoms with Crippen molar-refractivity contribution < 1.29 is 4.79 Å². The summed E-state index contributed by atoms with van der Waals surface area (Å²) in [5.41, 5.74) is 4.21. The summed E-state index contributed by atoms with van der Waals surface area (Å²) in [5.74, 6) is 0.121. The van der Waals surface area contributed by atoms with Gasteiger partial charge in [-0.25, -0.2) is 0 Å². The van der Waals surface area contributed by atoms with Crippen molar-refractivity contribution >= 4 is 23.4 Å². The largest absolute Gasteiger partial charge is 0.308 e. The van der Waals surface area contributed by atoms with E-state index < -0.39 is 0 Å². The van der Waals surface area contributed by atoms with Crippen molar-refractivity contribution in [3.8, 4) is 0 Å². The first-order valence-electron chi connectivity index (χ1n) is 7.25. The van der Waals surface area contributed by atoms with Crippen LogP contribution >= 0.6 is 11.8 Å². The van der Waals surface area contributed by atoms with Crippen molar-refractivity contribution in [2.75, 3.05) is 17.7 Å². The number of anilines is 1. The van der Waals surface area contributed by atoms with E-state index >= 15 is 0 Å². The number of nitrogens with zero attached hydrogens (tertiary/aromatic N) is 1. The number of carbonyl (C=O) groups is 1. The molecule has 0 aromatic heterocycles. The Bertz CT molecular complexity index is 681. The van der Waals surface area contributed by atoms with E-state index in [1.807, 2.05) is 42.3 Å². The molecule has 0 atom stereocenters. The summed E-state index contributed by atoms with van der Waals surface area (Å²) in [6.07, 6.45) is 4.13. The molecule has 1 amide bonds. The van der Waals surface area contributed by atoms with Gasteiger partial charge in [0.25, 0.3) is 5.91 Å². The molecule has 0 saturated carbocycles. The summed E-state index contributed by atoms with van der Waals surface area (Å²) in [7, 11) is 0. The molecule has 0 spiro atoms. The Morgan fingerprint density at radius 3 is 2.81 bits per heavy atom. The zero-order chi connectivity index (χ0) is 14.8. The summed E-state index contributed by atoms with van der Waals surface area (Å²) < 4.78 is 0. The average molecular weight is 297 g/mol. The van der Waals surface area contributed by atoms with Crippen LogP contribution in [-0.4, -0.2) is 18.7 Å². The average Bonchev–Trinajstić information content (AvgIpc) is 2.54. The van der Waals surface area contributed by atoms with Crippen LogP contribution < -0.4 is 4.90 Å². The quantitative estimate of drug-likeness (QED) is 0.770. The smallest absolute Gasteiger partial charge is 0.258 e. The van der Waals surface area contributed by atoms with Crippen molar-refractivity contribution in [1.82, 2.24) is 0 Å². The van der Waals surface area contributed by atoms with Crippen LogP contribution in [0, 0.1) is 6.92 Å². The molecule has 0 aliphatic carbocycles. The van der Waals surface area contributed by atoms with Gasteiger partial charge >= 0.3 is 0 Å². The van der Waals surface area contributed by atoms with Crippen LogP contribution in [0.3, 0.4) is 0 Å². The van der Waals surface area contributed by atoms with Gasteiger partial charge in [-0.1, -0.05) is 24.3 Å². The van der Waals surface area contributed by atoms with Crippen molar-refractivity contribution in [1.29, 1.82) is 0 Å². The van der Waals surface area contributed by atoms with E-state index in [-0.39, 0.29) is 5.91 Å². The van der Waals surface area contributed by atoms with E-state index in [2.05, 4.69) is 18.2 Å². The Morgan fingerprint density at radius 1 is 1.19 bits per heavy atom. The lowest BCUT2D eigenvalue weighted by molar-refractivity contribution is 0.0984. The lowest BCUT2D eigenvalue weighted by Gasteiger charge is -2.30. The second-order valence-electron chi connectivity index (χ2n) is 5.37. The highest BCUT2D eigenvalue weighted by Crippen LogP contribution is 2.29. The number of fused-ring (bicyclic) bond motifs is 1. The predicted molar refractivity (Wildman–Crippen MR) is 89.4 cm³/mol. The maximum atomic E-state index is 13.0. The molecule has 21 heavy (non-hydrogen) atoms. The van der Waals surface area contributed by atoms with Gasteiger partial charge in [-0.05, 0) is 55.3 Å². The van der Waals surface area contributed by atoms with Crippen LogP contribution in [0.1, 0.15) is 27.9 Å². The summed E-state index contributed by atoms with van der Waals surface area (Å²) in [6, 6.07) is 14.4. The third-order valence-corrected chi connectivity index (χ3v) is 4.76. The third kappa shape index (κ3) is 2.70. The fourth-order valence-corrected chi connectivity index (χ4v) is 3.29. The van der Waals surface area contributed by atoms with Crippen molar-refractivity contribution in [3.63, 3.8) is 0 Å². The van der Waals surface area contributed by atoms with Gasteiger partial charge in [0.1, 0.15) is 0 Å². The summed E-state index contributed by atoms with van der Waals surface area (Å²) in [6.45, 7) is 2.81. The standard InChI is InChI=1S/C18H19NOS/c1-13-9-10-15(21-2)12-16(13)18(20)19-11-5-7-14-6-3-4-8-17(14)19/h3-4,6,8-10,12H,5,7,11H2,1-2H3. The molecule has 0 fully saturated rings. The number of benzene rings is 2. The fourth-order valence-electron chi connectivity index (χ4n) is 2.85. The van der Waals surface area contributed by atoms with Gasteiger partial charge in [-0.15, -0.1) is 11.8 Å². The minimum absolute atomic E-state index is 0.121. The summed E-state index contributed by atoms with van der Waals surface area (Å²) in [5, 5.41) is 0. The molecular formula is C18H19NOS. The van der Waals surface area contributed by atoms with Crippen LogP contribution in [0.5, 0.6) is 0 Å². The zero-order valence-corrected chi connectivity index (χ0v) is 13.2. The van der Waals surface area contributed by atoms with Gasteiger partial charge < -0.3 is 4.90 Å². The van der Waals surface area contributed by atoms with E-state index in [4.69, 9.17) is 0 Å². The zero-order valence-electron chi connectivity index (χ0n) is 12.4. The van der Waals surface area contributed by atoms with Gasteiger partial charge in [0.15, 0.2) is 0 Å². The van der Waals surface area contributed by atoms with E-state index in [1.54, 1.807) is 11.8 Å². The lowest BCUT2D eigenvalue weighted by Crippen LogP contribution is -2.35. The Kier molecular flexibility index (Phi) is 4.02. The van der Waals surface area contributed by atoms with Crippen LogP contribution in [0.4, 0.5) is 5.69 Å². The van der Waals surface area contributed by atoms with Crippen LogP contribution in [-0.2, 0) is 6.42 Å². The van der Waals surface area contributed by atoms with E-state index in [0.29, 0.717) is 0 Å². The molecule has 0 saturated heterocycles. The van der Waals surface area contributed by atoms with Gasteiger partial charge in [0.2, 0.25) is 0 Å². The number of thioether (sulfide) groups is 1. The number of para-hydroxylation sites is 1. The Morgan fingerprint density at radius 2 is 2.00 bits per heavy atom. The lowest BCUT2D eigenvalue weighted by atomic mass is 10.00. The van der Waals surface area contributed by atoms with Gasteiger partial charge in [0.05, 0.1) is 0 Å². The Labute approximate surface area is 130 Å². The first kappa shape index (κ1) is 14.2. The number of hydrogen-bond acceptors (Lipinski definition) is 2. The molecule has 0 unspecified atom stereocenters. The molecule has 0 bridgehead atoms. The molecular weight excluding hydrogens is 278 g/mol. The van der Waals surface area contributed by atoms with Crippen molar-refractivity contribution in [3.05, 3.63) is 59.2 Å². The van der Waals surface area contributed by atoms with Crippen molar-refractivity contribution in [2.45, 2.75) is 24.7 Å². The highest BCUT2D eigenvalue weighted by molar-refractivity contribution is 7.98. The fraction of sp³-hybridized carbons (Fsp3) is 0.278. The molecule has 2 aromatic carbocycles. The van der Waals surface area contributed by atoms with Crippen LogP contribution in [0.25, 0.3) is 0 Å². The number of hydrogen-bond donors (Lipinski definition) is 0. The molecule has 1 heterocycles. The minimum Gasteiger partial charge on any atom is -0.308 e. The topological polar surface area (TPSA) is 20.3 Å². The van der Waals surface area contributed by atoms with Gasteiger partial charge in [-0.2, -0.15) is 0 Å². The molecule has 3 heteroatoms. The maximum Gasteiger partial charge on any atom is 0.258 e. The molecule has 2 aromatic rings. The number of aryl methyl sites for hydroxylation is 2. The molecule has 0 radical (unpaired) electrons. The van der Waals surface area contributed by atoms with E-state index in [0.717, 1.165) is 41.1 Å².